The van der Waals surface area contributed by atoms with Gasteiger partial charge in [-0.15, -0.1) is 0 Å². The third kappa shape index (κ3) is 4.75. The van der Waals surface area contributed by atoms with Gasteiger partial charge in [-0.05, 0) is 35.4 Å². The first-order valence-corrected chi connectivity index (χ1v) is 9.25. The van der Waals surface area contributed by atoms with E-state index in [2.05, 4.69) is 32.2 Å². The first-order chi connectivity index (χ1) is 13.3. The molecule has 7 nitrogen and oxygen atoms in total. The lowest BCUT2D eigenvalue weighted by Gasteiger charge is -2.34. The number of nitrogens with one attached hydrogen (secondary N) is 1. The second kappa shape index (κ2) is 8.37. The van der Waals surface area contributed by atoms with E-state index in [9.17, 15) is 4.79 Å². The lowest BCUT2D eigenvalue weighted by molar-refractivity contribution is -0.122. The highest BCUT2D eigenvalue weighted by molar-refractivity contribution is 5.78. The van der Waals surface area contributed by atoms with Gasteiger partial charge in [0.15, 0.2) is 11.5 Å². The fraction of sp³-hybridized carbons (Fsp3) is 0.400. The minimum absolute atomic E-state index is 0.0658. The topological polar surface area (TPSA) is 66.9 Å². The Balaban J connectivity index is 1.19. The van der Waals surface area contributed by atoms with Crippen LogP contribution in [0, 0.1) is 0 Å². The summed E-state index contributed by atoms with van der Waals surface area (Å²) in [5, 5.41) is 2.97. The van der Waals surface area contributed by atoms with Gasteiger partial charge in [0.05, 0.1) is 6.54 Å². The molecule has 0 aliphatic carbocycles. The maximum Gasteiger partial charge on any atom is 0.234 e. The molecular weight excluding hydrogens is 344 g/mol. The molecule has 0 bridgehead atoms. The van der Waals surface area contributed by atoms with E-state index in [-0.39, 0.29) is 5.91 Å². The smallest absolute Gasteiger partial charge is 0.234 e. The Labute approximate surface area is 158 Å². The van der Waals surface area contributed by atoms with Gasteiger partial charge in [-0.2, -0.15) is 0 Å². The van der Waals surface area contributed by atoms with Crippen LogP contribution >= 0.6 is 0 Å². The summed E-state index contributed by atoms with van der Waals surface area (Å²) in [6, 6.07) is 9.94. The first kappa shape index (κ1) is 17.8. The number of fused-ring (bicyclic) bond motifs is 1. The average molecular weight is 368 g/mol. The van der Waals surface area contributed by atoms with Crippen LogP contribution in [0.5, 0.6) is 11.5 Å². The number of hydrogen-bond acceptors (Lipinski definition) is 6. The molecule has 0 saturated carbocycles. The van der Waals surface area contributed by atoms with Crippen LogP contribution in [0.15, 0.2) is 42.7 Å². The van der Waals surface area contributed by atoms with Gasteiger partial charge in [-0.1, -0.05) is 6.07 Å². The van der Waals surface area contributed by atoms with E-state index < -0.39 is 0 Å². The van der Waals surface area contributed by atoms with E-state index in [1.54, 1.807) is 12.4 Å². The predicted octanol–water partition coefficient (Wildman–Crippen LogP) is 1.24. The number of carbonyl (C=O) groups excluding carboxylic acids is 1. The van der Waals surface area contributed by atoms with Crippen LogP contribution in [-0.4, -0.2) is 60.2 Å². The Morgan fingerprint density at radius 3 is 2.52 bits per heavy atom. The first-order valence-electron chi connectivity index (χ1n) is 9.25. The molecule has 1 fully saturated rings. The van der Waals surface area contributed by atoms with Gasteiger partial charge in [0, 0.05) is 51.7 Å². The van der Waals surface area contributed by atoms with E-state index in [0.29, 0.717) is 19.9 Å². The number of piperazine rings is 1. The van der Waals surface area contributed by atoms with Crippen LogP contribution in [0.3, 0.4) is 0 Å². The quantitative estimate of drug-likeness (QED) is 0.828. The molecule has 7 heteroatoms. The number of nitrogens with zero attached hydrogens (tertiary/aromatic N) is 3. The van der Waals surface area contributed by atoms with E-state index in [4.69, 9.17) is 9.47 Å². The summed E-state index contributed by atoms with van der Waals surface area (Å²) in [6.07, 6.45) is 3.47. The number of rotatable bonds is 6. The molecule has 3 heterocycles. The van der Waals surface area contributed by atoms with Crippen LogP contribution in [0.2, 0.25) is 0 Å². The Hall–Kier alpha value is -2.64. The van der Waals surface area contributed by atoms with Crippen LogP contribution in [-0.2, 0) is 17.9 Å². The molecule has 0 atom stereocenters. The van der Waals surface area contributed by atoms with Crippen molar-refractivity contribution in [2.75, 3.05) is 39.5 Å². The van der Waals surface area contributed by atoms with Gasteiger partial charge < -0.3 is 14.8 Å². The van der Waals surface area contributed by atoms with Crippen molar-refractivity contribution in [1.82, 2.24) is 20.1 Å². The summed E-state index contributed by atoms with van der Waals surface area (Å²) < 4.78 is 10.8. The maximum absolute atomic E-state index is 12.2. The second-order valence-electron chi connectivity index (χ2n) is 6.87. The van der Waals surface area contributed by atoms with Crippen LogP contribution in [0.4, 0.5) is 0 Å². The lowest BCUT2D eigenvalue weighted by atomic mass is 10.1. The largest absolute Gasteiger partial charge is 0.454 e. The highest BCUT2D eigenvalue weighted by atomic mass is 16.7. The van der Waals surface area contributed by atoms with Crippen molar-refractivity contribution < 1.29 is 14.3 Å². The summed E-state index contributed by atoms with van der Waals surface area (Å²) in [7, 11) is 0. The van der Waals surface area contributed by atoms with Crippen LogP contribution in [0.25, 0.3) is 0 Å². The van der Waals surface area contributed by atoms with Gasteiger partial charge in [0.25, 0.3) is 0 Å². The van der Waals surface area contributed by atoms with Crippen molar-refractivity contribution in [2.45, 2.75) is 13.1 Å². The van der Waals surface area contributed by atoms with Crippen molar-refractivity contribution >= 4 is 5.91 Å². The SMILES string of the molecule is O=C(CN1CCN(Cc2ccc3c(c2)OCO3)CC1)NCc1ccncc1. The second-order valence-corrected chi connectivity index (χ2v) is 6.87. The molecule has 1 saturated heterocycles. The van der Waals surface area contributed by atoms with Crippen LogP contribution in [0.1, 0.15) is 11.1 Å². The molecule has 1 amide bonds. The zero-order chi connectivity index (χ0) is 18.5. The highest BCUT2D eigenvalue weighted by Gasteiger charge is 2.20. The Morgan fingerprint density at radius 2 is 1.70 bits per heavy atom. The lowest BCUT2D eigenvalue weighted by Crippen LogP contribution is -2.49. The van der Waals surface area contributed by atoms with Gasteiger partial charge in [0.2, 0.25) is 12.7 Å². The van der Waals surface area contributed by atoms with Crippen molar-refractivity contribution in [3.63, 3.8) is 0 Å². The molecule has 4 rings (SSSR count). The molecule has 2 aliphatic rings. The Morgan fingerprint density at radius 1 is 0.963 bits per heavy atom. The summed E-state index contributed by atoms with van der Waals surface area (Å²) in [4.78, 5) is 20.8. The minimum Gasteiger partial charge on any atom is -0.454 e. The van der Waals surface area contributed by atoms with E-state index in [1.807, 2.05) is 18.2 Å². The van der Waals surface area contributed by atoms with Gasteiger partial charge in [-0.25, -0.2) is 0 Å². The third-order valence-electron chi connectivity index (χ3n) is 4.91. The molecule has 1 aromatic heterocycles. The summed E-state index contributed by atoms with van der Waals surface area (Å²) in [5.41, 5.74) is 2.29. The number of ether oxygens (including phenoxy) is 2. The van der Waals surface area contributed by atoms with E-state index in [1.165, 1.54) is 5.56 Å². The molecular formula is C20H24N4O3. The number of pyridine rings is 1. The van der Waals surface area contributed by atoms with Crippen molar-refractivity contribution in [2.24, 2.45) is 0 Å². The number of benzene rings is 1. The summed E-state index contributed by atoms with van der Waals surface area (Å²) in [5.74, 6) is 1.72. The van der Waals surface area contributed by atoms with Crippen molar-refractivity contribution in [3.05, 3.63) is 53.9 Å². The highest BCUT2D eigenvalue weighted by Crippen LogP contribution is 2.32. The average Bonchev–Trinajstić information content (AvgIpc) is 3.17. The molecule has 0 unspecified atom stereocenters. The van der Waals surface area contributed by atoms with E-state index in [0.717, 1.165) is 49.8 Å². The zero-order valence-corrected chi connectivity index (χ0v) is 15.3. The fourth-order valence-corrected chi connectivity index (χ4v) is 3.36. The molecule has 0 radical (unpaired) electrons. The van der Waals surface area contributed by atoms with Crippen molar-refractivity contribution in [1.29, 1.82) is 0 Å². The number of amides is 1. The molecule has 2 aliphatic heterocycles. The zero-order valence-electron chi connectivity index (χ0n) is 15.3. The molecule has 142 valence electrons. The summed E-state index contributed by atoms with van der Waals surface area (Å²) >= 11 is 0. The van der Waals surface area contributed by atoms with Gasteiger partial charge in [-0.3, -0.25) is 19.6 Å². The molecule has 0 spiro atoms. The Kier molecular flexibility index (Phi) is 5.50. The number of hydrogen-bond donors (Lipinski definition) is 1. The number of carbonyl (C=O) groups is 1. The monoisotopic (exact) mass is 368 g/mol. The van der Waals surface area contributed by atoms with Crippen LogP contribution < -0.4 is 14.8 Å². The number of aromatic nitrogens is 1. The van der Waals surface area contributed by atoms with Crippen molar-refractivity contribution in [3.8, 4) is 11.5 Å². The predicted molar refractivity (Wildman–Crippen MR) is 100 cm³/mol. The minimum atomic E-state index is 0.0658. The normalized spacial score (nSPS) is 17.0. The van der Waals surface area contributed by atoms with E-state index >= 15 is 0 Å². The fourth-order valence-electron chi connectivity index (χ4n) is 3.36. The third-order valence-corrected chi connectivity index (χ3v) is 4.91. The van der Waals surface area contributed by atoms with Gasteiger partial charge in [0.1, 0.15) is 0 Å². The maximum atomic E-state index is 12.2. The Bertz CT molecular complexity index is 776. The summed E-state index contributed by atoms with van der Waals surface area (Å²) in [6.45, 7) is 5.88. The molecule has 27 heavy (non-hydrogen) atoms. The molecule has 2 aromatic rings. The standard InChI is InChI=1S/C20H24N4O3/c25-20(22-12-16-3-5-21-6-4-16)14-24-9-7-23(8-10-24)13-17-1-2-18-19(11-17)27-15-26-18/h1-6,11H,7-10,12-15H2,(H,22,25). The molecule has 1 aromatic carbocycles. The van der Waals surface area contributed by atoms with Gasteiger partial charge >= 0.3 is 0 Å². The molecule has 1 N–H and O–H groups in total.